The van der Waals surface area contributed by atoms with Crippen LogP contribution in [0.1, 0.15) is 38.7 Å². The lowest BCUT2D eigenvalue weighted by Gasteiger charge is -2.27. The summed E-state index contributed by atoms with van der Waals surface area (Å²) in [6.07, 6.45) is 3.79. The van der Waals surface area contributed by atoms with Gasteiger partial charge in [-0.1, -0.05) is 53.5 Å². The van der Waals surface area contributed by atoms with Crippen molar-refractivity contribution in [2.75, 3.05) is 18.0 Å². The maximum absolute atomic E-state index is 6.40. The molecule has 1 fully saturated rings. The molecule has 0 unspecified atom stereocenters. The van der Waals surface area contributed by atoms with Crippen LogP contribution < -0.4 is 4.90 Å². The molecule has 3 heteroatoms. The Morgan fingerprint density at radius 2 is 2.06 bits per heavy atom. The van der Waals surface area contributed by atoms with E-state index in [0.29, 0.717) is 5.41 Å². The molecule has 0 saturated carbocycles. The van der Waals surface area contributed by atoms with Gasteiger partial charge >= 0.3 is 0 Å². The Morgan fingerprint density at radius 1 is 1.28 bits per heavy atom. The van der Waals surface area contributed by atoms with Gasteiger partial charge in [0.15, 0.2) is 0 Å². The molecule has 1 heterocycles. The van der Waals surface area contributed by atoms with Crippen molar-refractivity contribution in [3.8, 4) is 0 Å². The number of hydrogen-bond acceptors (Lipinski definition) is 1. The molecular weight excluding hydrogens is 310 g/mol. The Morgan fingerprint density at radius 3 is 2.78 bits per heavy atom. The molecule has 1 aromatic carbocycles. The lowest BCUT2D eigenvalue weighted by atomic mass is 9.85. The molecule has 18 heavy (non-hydrogen) atoms. The second-order valence-electron chi connectivity index (χ2n) is 5.89. The normalized spacial score (nSPS) is 19.7. The van der Waals surface area contributed by atoms with E-state index in [1.165, 1.54) is 30.5 Å². The molecule has 1 saturated heterocycles. The highest BCUT2D eigenvalue weighted by Crippen LogP contribution is 2.36. The maximum atomic E-state index is 6.40. The summed E-state index contributed by atoms with van der Waals surface area (Å²) in [5.41, 5.74) is 2.99. The third-order valence-corrected chi connectivity index (χ3v) is 4.78. The Kier molecular flexibility index (Phi) is 4.60. The number of alkyl halides is 1. The minimum Gasteiger partial charge on any atom is -0.370 e. The number of hydrogen-bond donors (Lipinski definition) is 0. The molecule has 0 N–H and O–H groups in total. The number of nitrogens with zero attached hydrogens (tertiary/aromatic N) is 1. The summed E-state index contributed by atoms with van der Waals surface area (Å²) in [7, 11) is 0. The van der Waals surface area contributed by atoms with Gasteiger partial charge in [-0.2, -0.15) is 0 Å². The molecule has 1 nitrogen and oxygen atoms in total. The first kappa shape index (κ1) is 14.2. The van der Waals surface area contributed by atoms with Gasteiger partial charge in [-0.25, -0.2) is 0 Å². The van der Waals surface area contributed by atoms with Crippen LogP contribution in [0.2, 0.25) is 5.02 Å². The van der Waals surface area contributed by atoms with Crippen molar-refractivity contribution in [2.45, 2.75) is 38.4 Å². The van der Waals surface area contributed by atoms with E-state index >= 15 is 0 Å². The standard InChI is InChI=1S/C15H21BrClN/c1-15(2)7-4-9-18(10-8-15)14-12(11-16)5-3-6-13(14)17/h3,5-6H,4,7-11H2,1-2H3. The number of rotatable bonds is 2. The minimum absolute atomic E-state index is 0.463. The van der Waals surface area contributed by atoms with Crippen molar-refractivity contribution in [3.63, 3.8) is 0 Å². The van der Waals surface area contributed by atoms with E-state index in [9.17, 15) is 0 Å². The summed E-state index contributed by atoms with van der Waals surface area (Å²) >= 11 is 9.97. The first-order valence-corrected chi connectivity index (χ1v) is 8.12. The topological polar surface area (TPSA) is 3.24 Å². The van der Waals surface area contributed by atoms with Crippen LogP contribution in [0.15, 0.2) is 18.2 Å². The summed E-state index contributed by atoms with van der Waals surface area (Å²) in [6, 6.07) is 6.19. The predicted molar refractivity (Wildman–Crippen MR) is 83.9 cm³/mol. The zero-order chi connectivity index (χ0) is 13.2. The van der Waals surface area contributed by atoms with Gasteiger partial charge in [0.05, 0.1) is 10.7 Å². The summed E-state index contributed by atoms with van der Waals surface area (Å²) in [6.45, 7) is 6.97. The van der Waals surface area contributed by atoms with E-state index in [1.54, 1.807) is 0 Å². The van der Waals surface area contributed by atoms with Crippen molar-refractivity contribution >= 4 is 33.2 Å². The van der Waals surface area contributed by atoms with E-state index in [2.05, 4.69) is 40.7 Å². The highest BCUT2D eigenvalue weighted by molar-refractivity contribution is 9.08. The van der Waals surface area contributed by atoms with E-state index in [1.807, 2.05) is 12.1 Å². The zero-order valence-corrected chi connectivity index (χ0v) is 13.5. The van der Waals surface area contributed by atoms with E-state index < -0.39 is 0 Å². The molecule has 100 valence electrons. The quantitative estimate of drug-likeness (QED) is 0.669. The Hall–Kier alpha value is -0.210. The SMILES string of the molecule is CC1(C)CCCN(c2c(Cl)cccc2CBr)CC1. The van der Waals surface area contributed by atoms with Gasteiger partial charge in [-0.05, 0) is 36.3 Å². The monoisotopic (exact) mass is 329 g/mol. The van der Waals surface area contributed by atoms with Crippen molar-refractivity contribution in [2.24, 2.45) is 5.41 Å². The van der Waals surface area contributed by atoms with Crippen LogP contribution in [0.5, 0.6) is 0 Å². The molecule has 0 atom stereocenters. The van der Waals surface area contributed by atoms with Crippen LogP contribution in [0.25, 0.3) is 0 Å². The van der Waals surface area contributed by atoms with E-state index in [-0.39, 0.29) is 0 Å². The fourth-order valence-corrected chi connectivity index (χ4v) is 3.43. The average Bonchev–Trinajstić information content (AvgIpc) is 2.50. The van der Waals surface area contributed by atoms with E-state index in [0.717, 1.165) is 23.4 Å². The molecule has 0 aromatic heterocycles. The highest BCUT2D eigenvalue weighted by Gasteiger charge is 2.24. The first-order valence-electron chi connectivity index (χ1n) is 6.62. The minimum atomic E-state index is 0.463. The van der Waals surface area contributed by atoms with Crippen LogP contribution in [-0.2, 0) is 5.33 Å². The molecule has 0 aliphatic carbocycles. The third kappa shape index (κ3) is 3.21. The summed E-state index contributed by atoms with van der Waals surface area (Å²) in [5, 5.41) is 1.75. The second-order valence-corrected chi connectivity index (χ2v) is 6.85. The lowest BCUT2D eigenvalue weighted by Crippen LogP contribution is -2.26. The lowest BCUT2D eigenvalue weighted by molar-refractivity contribution is 0.325. The summed E-state index contributed by atoms with van der Waals surface area (Å²) in [5.74, 6) is 0. The molecule has 0 spiro atoms. The van der Waals surface area contributed by atoms with Gasteiger partial charge in [0.1, 0.15) is 0 Å². The summed E-state index contributed by atoms with van der Waals surface area (Å²) < 4.78 is 0. The van der Waals surface area contributed by atoms with Crippen molar-refractivity contribution < 1.29 is 0 Å². The van der Waals surface area contributed by atoms with Crippen molar-refractivity contribution in [1.29, 1.82) is 0 Å². The number of anilines is 1. The molecule has 1 aliphatic rings. The number of halogens is 2. The van der Waals surface area contributed by atoms with Crippen LogP contribution >= 0.6 is 27.5 Å². The fraction of sp³-hybridized carbons (Fsp3) is 0.600. The van der Waals surface area contributed by atoms with Gasteiger partial charge in [0.2, 0.25) is 0 Å². The molecule has 0 amide bonds. The molecule has 2 rings (SSSR count). The average molecular weight is 331 g/mol. The van der Waals surface area contributed by atoms with Crippen LogP contribution in [0.4, 0.5) is 5.69 Å². The largest absolute Gasteiger partial charge is 0.370 e. The third-order valence-electron chi connectivity index (χ3n) is 3.87. The molecular formula is C15H21BrClN. The Bertz CT molecular complexity index is 417. The van der Waals surface area contributed by atoms with Crippen LogP contribution in [0.3, 0.4) is 0 Å². The van der Waals surface area contributed by atoms with Gasteiger partial charge in [-0.15, -0.1) is 0 Å². The molecule has 0 bridgehead atoms. The Labute approximate surface area is 124 Å². The van der Waals surface area contributed by atoms with Gasteiger partial charge in [0.25, 0.3) is 0 Å². The van der Waals surface area contributed by atoms with Gasteiger partial charge < -0.3 is 4.90 Å². The molecule has 1 aliphatic heterocycles. The van der Waals surface area contributed by atoms with Crippen molar-refractivity contribution in [1.82, 2.24) is 0 Å². The fourth-order valence-electron chi connectivity index (χ4n) is 2.67. The maximum Gasteiger partial charge on any atom is 0.0642 e. The smallest absolute Gasteiger partial charge is 0.0642 e. The molecule has 0 radical (unpaired) electrons. The van der Waals surface area contributed by atoms with E-state index in [4.69, 9.17) is 11.6 Å². The van der Waals surface area contributed by atoms with Gasteiger partial charge in [0, 0.05) is 18.4 Å². The van der Waals surface area contributed by atoms with Crippen LogP contribution in [-0.4, -0.2) is 13.1 Å². The van der Waals surface area contributed by atoms with Crippen molar-refractivity contribution in [3.05, 3.63) is 28.8 Å². The first-order chi connectivity index (χ1) is 8.53. The number of benzene rings is 1. The molecule has 1 aromatic rings. The predicted octanol–water partition coefficient (Wildman–Crippen LogP) is 5.25. The Balaban J connectivity index is 2.26. The van der Waals surface area contributed by atoms with Crippen LogP contribution in [0, 0.1) is 5.41 Å². The van der Waals surface area contributed by atoms with Gasteiger partial charge in [-0.3, -0.25) is 0 Å². The summed E-state index contributed by atoms with van der Waals surface area (Å²) in [4.78, 5) is 2.47. The highest BCUT2D eigenvalue weighted by atomic mass is 79.9. The zero-order valence-electron chi connectivity index (χ0n) is 11.2. The second kappa shape index (κ2) is 5.83. The number of para-hydroxylation sites is 1.